The molecule has 36 heavy (non-hydrogen) atoms. The van der Waals surface area contributed by atoms with Gasteiger partial charge in [-0.1, -0.05) is 0 Å². The van der Waals surface area contributed by atoms with Gasteiger partial charge in [-0.15, -0.1) is 11.3 Å². The number of nitrogens with one attached hydrogen (secondary N) is 1. The van der Waals surface area contributed by atoms with E-state index in [0.717, 1.165) is 10.5 Å². The summed E-state index contributed by atoms with van der Waals surface area (Å²) in [5.74, 6) is -1.44. The van der Waals surface area contributed by atoms with Crippen LogP contribution in [0.4, 0.5) is 18.9 Å². The number of fused-ring (bicyclic) bond motifs is 1. The molecule has 4 heterocycles. The van der Waals surface area contributed by atoms with Gasteiger partial charge in [-0.3, -0.25) is 19.0 Å². The zero-order chi connectivity index (χ0) is 26.5. The smallest absolute Gasteiger partial charge is 0.365 e. The van der Waals surface area contributed by atoms with Crippen LogP contribution in [0.25, 0.3) is 21.3 Å². The summed E-state index contributed by atoms with van der Waals surface area (Å²) in [6.07, 6.45) is -3.28. The molecular weight excluding hydrogens is 563 g/mol. The summed E-state index contributed by atoms with van der Waals surface area (Å²) in [5, 5.41) is 11.4. The Hall–Kier alpha value is -3.26. The molecule has 0 aliphatic rings. The number of alkyl halides is 3. The number of amides is 2. The van der Waals surface area contributed by atoms with Gasteiger partial charge in [0, 0.05) is 23.2 Å². The van der Waals surface area contributed by atoms with Crippen LogP contribution < -0.4 is 11.1 Å². The molecule has 0 aromatic carbocycles. The molecule has 4 aromatic rings. The molecule has 3 N–H and O–H groups in total. The largest absolute Gasteiger partial charge is 0.433 e. The maximum Gasteiger partial charge on any atom is 0.433 e. The average molecular weight is 584 g/mol. The van der Waals surface area contributed by atoms with Gasteiger partial charge in [0.2, 0.25) is 5.91 Å². The number of carbonyl (C=O) groups is 2. The minimum Gasteiger partial charge on any atom is -0.365 e. The Morgan fingerprint density at radius 3 is 2.39 bits per heavy atom. The van der Waals surface area contributed by atoms with E-state index in [1.807, 2.05) is 6.92 Å². The minimum atomic E-state index is -4.74. The van der Waals surface area contributed by atoms with Crippen LogP contribution in [0.1, 0.15) is 39.4 Å². The number of primary amides is 1. The summed E-state index contributed by atoms with van der Waals surface area (Å²) in [5.41, 5.74) is 7.01. The molecule has 4 aromatic heterocycles. The van der Waals surface area contributed by atoms with Gasteiger partial charge in [-0.2, -0.15) is 23.4 Å². The highest BCUT2D eigenvalue weighted by molar-refractivity contribution is 9.10. The Labute approximate surface area is 215 Å². The van der Waals surface area contributed by atoms with Gasteiger partial charge >= 0.3 is 6.18 Å². The molecule has 0 spiro atoms. The summed E-state index contributed by atoms with van der Waals surface area (Å²) in [7, 11) is 0. The van der Waals surface area contributed by atoms with E-state index in [1.54, 1.807) is 25.5 Å². The van der Waals surface area contributed by atoms with Gasteiger partial charge in [-0.05, 0) is 55.3 Å². The number of halogens is 4. The second kappa shape index (κ2) is 9.32. The number of hydrogen-bond acceptors (Lipinski definition) is 6. The number of hydrogen-bond donors (Lipinski definition) is 2. The zero-order valence-corrected chi connectivity index (χ0v) is 22.0. The molecule has 9 nitrogen and oxygen atoms in total. The quantitative estimate of drug-likeness (QED) is 0.337. The van der Waals surface area contributed by atoms with Gasteiger partial charge in [0.1, 0.15) is 21.9 Å². The van der Waals surface area contributed by atoms with Crippen LogP contribution in [0.3, 0.4) is 0 Å². The third-order valence-corrected chi connectivity index (χ3v) is 7.97. The average Bonchev–Trinajstić information content (AvgIpc) is 3.43. The minimum absolute atomic E-state index is 0.00738. The Bertz CT molecular complexity index is 1520. The molecule has 0 fully saturated rings. The summed E-state index contributed by atoms with van der Waals surface area (Å²) in [4.78, 5) is 28.8. The van der Waals surface area contributed by atoms with Crippen LogP contribution in [-0.4, -0.2) is 36.4 Å². The second-order valence-corrected chi connectivity index (χ2v) is 9.85. The number of rotatable bonds is 6. The highest BCUT2D eigenvalue weighted by Gasteiger charge is 2.35. The number of aryl methyl sites for hydroxylation is 2. The van der Waals surface area contributed by atoms with Crippen molar-refractivity contribution in [3.8, 4) is 11.1 Å². The Morgan fingerprint density at radius 2 is 1.86 bits per heavy atom. The molecule has 0 radical (unpaired) electrons. The molecule has 0 unspecified atom stereocenters. The molecule has 190 valence electrons. The van der Waals surface area contributed by atoms with Crippen molar-refractivity contribution in [3.63, 3.8) is 0 Å². The van der Waals surface area contributed by atoms with E-state index >= 15 is 0 Å². The fourth-order valence-electron chi connectivity index (χ4n) is 3.92. The lowest BCUT2D eigenvalue weighted by Crippen LogP contribution is -2.22. The Morgan fingerprint density at radius 1 is 1.17 bits per heavy atom. The molecule has 0 atom stereocenters. The monoisotopic (exact) mass is 583 g/mol. The SMILES string of the molecule is CCn1ncc(-c2cc(C(F)(F)F)nc3sc(C(N)=O)c(NC(=O)Cn4nc(C)c(Br)c4C)c23)c1C. The summed E-state index contributed by atoms with van der Waals surface area (Å²) >= 11 is 4.09. The molecule has 0 saturated carbocycles. The first-order chi connectivity index (χ1) is 16.8. The highest BCUT2D eigenvalue weighted by atomic mass is 79.9. The topological polar surface area (TPSA) is 121 Å². The van der Waals surface area contributed by atoms with E-state index in [4.69, 9.17) is 5.73 Å². The molecule has 2 amide bonds. The number of carbonyl (C=O) groups excluding carboxylic acids is 2. The summed E-state index contributed by atoms with van der Waals surface area (Å²) in [6.45, 7) is 7.45. The fourth-order valence-corrected chi connectivity index (χ4v) is 5.21. The third-order valence-electron chi connectivity index (χ3n) is 5.72. The molecule has 14 heteroatoms. The number of aromatic nitrogens is 5. The van der Waals surface area contributed by atoms with E-state index in [9.17, 15) is 22.8 Å². The molecule has 0 saturated heterocycles. The van der Waals surface area contributed by atoms with Crippen LogP contribution in [-0.2, 0) is 24.1 Å². The Kier molecular flexibility index (Phi) is 6.68. The van der Waals surface area contributed by atoms with Crippen LogP contribution in [0.5, 0.6) is 0 Å². The predicted molar refractivity (Wildman–Crippen MR) is 133 cm³/mol. The normalized spacial score (nSPS) is 11.9. The van der Waals surface area contributed by atoms with Crippen molar-refractivity contribution in [2.24, 2.45) is 5.73 Å². The summed E-state index contributed by atoms with van der Waals surface area (Å²) in [6, 6.07) is 0.900. The van der Waals surface area contributed by atoms with E-state index < -0.39 is 23.7 Å². The molecule has 0 bridgehead atoms. The first-order valence-corrected chi connectivity index (χ1v) is 12.3. The van der Waals surface area contributed by atoms with E-state index in [0.29, 0.717) is 40.5 Å². The highest BCUT2D eigenvalue weighted by Crippen LogP contribution is 2.44. The van der Waals surface area contributed by atoms with Crippen molar-refractivity contribution < 1.29 is 22.8 Å². The van der Waals surface area contributed by atoms with Crippen LogP contribution in [0.2, 0.25) is 0 Å². The first-order valence-electron chi connectivity index (χ1n) is 10.7. The maximum atomic E-state index is 13.7. The fraction of sp³-hybridized carbons (Fsp3) is 0.318. The number of nitrogens with zero attached hydrogens (tertiary/aromatic N) is 5. The lowest BCUT2D eigenvalue weighted by Gasteiger charge is -2.12. The van der Waals surface area contributed by atoms with Gasteiger partial charge in [-0.25, -0.2) is 4.98 Å². The van der Waals surface area contributed by atoms with Gasteiger partial charge in [0.25, 0.3) is 5.91 Å². The standard InChI is InChI=1S/C22H21BrF3N7O2S/c1-5-32-10(3)13(7-28-32)12-6-14(22(24,25)26)29-21-16(12)18(19(36-21)20(27)35)30-15(34)8-33-11(4)17(23)9(2)31-33/h6-7H,5,8H2,1-4H3,(H2,27,35)(H,30,34). The third kappa shape index (κ3) is 4.50. The van der Waals surface area contributed by atoms with Gasteiger partial charge in [0.05, 0.1) is 27.7 Å². The summed E-state index contributed by atoms with van der Waals surface area (Å²) < 4.78 is 45.0. The van der Waals surface area contributed by atoms with Crippen molar-refractivity contribution in [3.05, 3.63) is 44.4 Å². The molecule has 0 aliphatic heterocycles. The number of anilines is 1. The van der Waals surface area contributed by atoms with Crippen molar-refractivity contribution in [2.45, 2.75) is 47.0 Å². The Balaban J connectivity index is 1.91. The van der Waals surface area contributed by atoms with Crippen molar-refractivity contribution >= 4 is 55.0 Å². The van der Waals surface area contributed by atoms with Crippen LogP contribution in [0, 0.1) is 20.8 Å². The van der Waals surface area contributed by atoms with Crippen molar-refractivity contribution in [2.75, 3.05) is 5.32 Å². The number of nitrogens with two attached hydrogens (primary N) is 1. The maximum absolute atomic E-state index is 13.7. The first kappa shape index (κ1) is 25.8. The lowest BCUT2D eigenvalue weighted by atomic mass is 10.0. The van der Waals surface area contributed by atoms with Crippen LogP contribution >= 0.6 is 27.3 Å². The van der Waals surface area contributed by atoms with Gasteiger partial charge in [0.15, 0.2) is 0 Å². The van der Waals surface area contributed by atoms with E-state index in [1.165, 1.54) is 10.9 Å². The van der Waals surface area contributed by atoms with E-state index in [2.05, 4.69) is 36.4 Å². The number of thiophene rings is 1. The van der Waals surface area contributed by atoms with Gasteiger partial charge < -0.3 is 11.1 Å². The number of pyridine rings is 1. The second-order valence-electron chi connectivity index (χ2n) is 8.05. The predicted octanol–water partition coefficient (Wildman–Crippen LogP) is 4.82. The zero-order valence-electron chi connectivity index (χ0n) is 19.6. The van der Waals surface area contributed by atoms with Crippen molar-refractivity contribution in [1.29, 1.82) is 0 Å². The van der Waals surface area contributed by atoms with Crippen LogP contribution in [0.15, 0.2) is 16.7 Å². The molecule has 4 rings (SSSR count). The van der Waals surface area contributed by atoms with E-state index in [-0.39, 0.29) is 32.9 Å². The van der Waals surface area contributed by atoms with Crippen molar-refractivity contribution in [1.82, 2.24) is 24.5 Å². The lowest BCUT2D eigenvalue weighted by molar-refractivity contribution is -0.140. The molecule has 0 aliphatic carbocycles. The molecular formula is C22H21BrF3N7O2S.